The van der Waals surface area contributed by atoms with Gasteiger partial charge in [-0.3, -0.25) is 4.79 Å². The van der Waals surface area contributed by atoms with Crippen LogP contribution >= 0.6 is 0 Å². The van der Waals surface area contributed by atoms with Crippen molar-refractivity contribution < 1.29 is 14.3 Å². The van der Waals surface area contributed by atoms with Crippen LogP contribution in [-0.2, 0) is 9.53 Å². The van der Waals surface area contributed by atoms with E-state index in [0.29, 0.717) is 29.8 Å². The molecular weight excluding hydrogens is 244 g/mol. The van der Waals surface area contributed by atoms with Gasteiger partial charge < -0.3 is 15.8 Å². The fourth-order valence-electron chi connectivity index (χ4n) is 1.70. The number of nitrogens with two attached hydrogens (primary N) is 1. The number of hydrogen-bond donors (Lipinski definition) is 2. The summed E-state index contributed by atoms with van der Waals surface area (Å²) in [4.78, 5) is 23.3. The Kier molecular flexibility index (Phi) is 5.51. The Hall–Kier alpha value is -1.88. The van der Waals surface area contributed by atoms with Gasteiger partial charge in [0.1, 0.15) is 0 Å². The molecule has 19 heavy (non-hydrogen) atoms. The highest BCUT2D eigenvalue weighted by atomic mass is 16.5. The van der Waals surface area contributed by atoms with Crippen molar-refractivity contribution in [2.24, 2.45) is 11.7 Å². The highest BCUT2D eigenvalue weighted by molar-refractivity contribution is 5.96. The van der Waals surface area contributed by atoms with Crippen molar-refractivity contribution >= 4 is 17.6 Å². The number of rotatable bonds is 5. The highest BCUT2D eigenvalue weighted by Crippen LogP contribution is 2.20. The average Bonchev–Trinajstić information content (AvgIpc) is 2.40. The standard InChI is InChI=1S/C14H20N2O3/c1-9(8-15)7-13(17)16-12-6-4-5-11(10(12)2)14(18)19-3/h4-6,9H,7-8,15H2,1-3H3,(H,16,17). The SMILES string of the molecule is COC(=O)c1cccc(NC(=O)CC(C)CN)c1C. The van der Waals surface area contributed by atoms with Crippen molar-refractivity contribution in [1.82, 2.24) is 0 Å². The minimum absolute atomic E-state index is 0.108. The second kappa shape index (κ2) is 6.89. The molecule has 0 aromatic heterocycles. The van der Waals surface area contributed by atoms with Crippen molar-refractivity contribution in [2.75, 3.05) is 19.0 Å². The summed E-state index contributed by atoms with van der Waals surface area (Å²) in [7, 11) is 1.33. The van der Waals surface area contributed by atoms with Gasteiger partial charge in [-0.15, -0.1) is 0 Å². The van der Waals surface area contributed by atoms with Gasteiger partial charge in [0.15, 0.2) is 0 Å². The van der Waals surface area contributed by atoms with Crippen LogP contribution in [0.4, 0.5) is 5.69 Å². The number of ether oxygens (including phenoxy) is 1. The summed E-state index contributed by atoms with van der Waals surface area (Å²) in [5, 5.41) is 2.79. The third-order valence-corrected chi connectivity index (χ3v) is 2.95. The van der Waals surface area contributed by atoms with Gasteiger partial charge in [0.05, 0.1) is 12.7 Å². The largest absolute Gasteiger partial charge is 0.465 e. The number of esters is 1. The second-order valence-corrected chi connectivity index (χ2v) is 4.56. The molecule has 0 bridgehead atoms. The van der Waals surface area contributed by atoms with E-state index in [1.807, 2.05) is 6.92 Å². The Morgan fingerprint density at radius 1 is 1.42 bits per heavy atom. The van der Waals surface area contributed by atoms with Gasteiger partial charge in [-0.05, 0) is 37.1 Å². The summed E-state index contributed by atoms with van der Waals surface area (Å²) in [6, 6.07) is 5.13. The van der Waals surface area contributed by atoms with Crippen molar-refractivity contribution in [1.29, 1.82) is 0 Å². The molecule has 1 rings (SSSR count). The fraction of sp³-hybridized carbons (Fsp3) is 0.429. The van der Waals surface area contributed by atoms with Crippen LogP contribution < -0.4 is 11.1 Å². The molecule has 0 aliphatic carbocycles. The normalized spacial score (nSPS) is 11.8. The monoisotopic (exact) mass is 264 g/mol. The Bertz CT molecular complexity index is 472. The number of amides is 1. The van der Waals surface area contributed by atoms with Crippen molar-refractivity contribution in [3.05, 3.63) is 29.3 Å². The number of hydrogen-bond acceptors (Lipinski definition) is 4. The molecule has 1 aromatic carbocycles. The summed E-state index contributed by atoms with van der Waals surface area (Å²) in [6.45, 7) is 4.15. The summed E-state index contributed by atoms with van der Waals surface area (Å²) in [6.07, 6.45) is 0.360. The zero-order chi connectivity index (χ0) is 14.4. The molecular formula is C14H20N2O3. The summed E-state index contributed by atoms with van der Waals surface area (Å²) >= 11 is 0. The summed E-state index contributed by atoms with van der Waals surface area (Å²) < 4.78 is 4.69. The number of anilines is 1. The summed E-state index contributed by atoms with van der Waals surface area (Å²) in [5.74, 6) is -0.393. The first-order chi connectivity index (χ1) is 8.99. The maximum absolute atomic E-state index is 11.8. The molecule has 0 aliphatic heterocycles. The molecule has 1 aromatic rings. The number of nitrogens with one attached hydrogen (secondary N) is 1. The van der Waals surface area contributed by atoms with E-state index in [-0.39, 0.29) is 11.8 Å². The summed E-state index contributed by atoms with van der Waals surface area (Å²) in [5.41, 5.74) is 7.26. The van der Waals surface area contributed by atoms with Gasteiger partial charge in [0, 0.05) is 12.1 Å². The van der Waals surface area contributed by atoms with E-state index in [0.717, 1.165) is 0 Å². The van der Waals surface area contributed by atoms with E-state index in [9.17, 15) is 9.59 Å². The fourth-order valence-corrected chi connectivity index (χ4v) is 1.70. The molecule has 0 aliphatic rings. The molecule has 3 N–H and O–H groups in total. The maximum atomic E-state index is 11.8. The van der Waals surface area contributed by atoms with Crippen LogP contribution in [0, 0.1) is 12.8 Å². The molecule has 0 fully saturated rings. The first kappa shape index (κ1) is 15.2. The minimum Gasteiger partial charge on any atom is -0.465 e. The van der Waals surface area contributed by atoms with Crippen molar-refractivity contribution in [2.45, 2.75) is 20.3 Å². The third kappa shape index (κ3) is 4.06. The average molecular weight is 264 g/mol. The van der Waals surface area contributed by atoms with Crippen molar-refractivity contribution in [3.8, 4) is 0 Å². The van der Waals surface area contributed by atoms with Gasteiger partial charge in [-0.25, -0.2) is 4.79 Å². The predicted octanol–water partition coefficient (Wildman–Crippen LogP) is 1.71. The molecule has 1 unspecified atom stereocenters. The van der Waals surface area contributed by atoms with Gasteiger partial charge in [0.2, 0.25) is 5.91 Å². The lowest BCUT2D eigenvalue weighted by atomic mass is 10.1. The molecule has 0 heterocycles. The van der Waals surface area contributed by atoms with Gasteiger partial charge >= 0.3 is 5.97 Å². The Morgan fingerprint density at radius 3 is 2.68 bits per heavy atom. The van der Waals surface area contributed by atoms with Crippen LogP contribution in [0.2, 0.25) is 0 Å². The molecule has 0 radical (unpaired) electrons. The molecule has 1 amide bonds. The quantitative estimate of drug-likeness (QED) is 0.793. The van der Waals surface area contributed by atoms with Crippen LogP contribution in [0.15, 0.2) is 18.2 Å². The minimum atomic E-state index is -0.413. The molecule has 1 atom stereocenters. The van der Waals surface area contributed by atoms with Crippen LogP contribution in [-0.4, -0.2) is 25.5 Å². The van der Waals surface area contributed by atoms with Crippen molar-refractivity contribution in [3.63, 3.8) is 0 Å². The molecule has 104 valence electrons. The Balaban J connectivity index is 2.85. The van der Waals surface area contributed by atoms with E-state index in [2.05, 4.69) is 5.32 Å². The zero-order valence-corrected chi connectivity index (χ0v) is 11.5. The van der Waals surface area contributed by atoms with Crippen LogP contribution in [0.5, 0.6) is 0 Å². The predicted molar refractivity (Wildman–Crippen MR) is 74.0 cm³/mol. The van der Waals surface area contributed by atoms with E-state index >= 15 is 0 Å². The maximum Gasteiger partial charge on any atom is 0.338 e. The van der Waals surface area contributed by atoms with Gasteiger partial charge in [-0.1, -0.05) is 13.0 Å². The van der Waals surface area contributed by atoms with Gasteiger partial charge in [0.25, 0.3) is 0 Å². The number of carbonyl (C=O) groups is 2. The first-order valence-corrected chi connectivity index (χ1v) is 6.17. The number of benzene rings is 1. The first-order valence-electron chi connectivity index (χ1n) is 6.17. The van der Waals surface area contributed by atoms with E-state index < -0.39 is 5.97 Å². The number of carbonyl (C=O) groups excluding carboxylic acids is 2. The molecule has 0 saturated carbocycles. The molecule has 5 heteroatoms. The van der Waals surface area contributed by atoms with Crippen LogP contribution in [0.3, 0.4) is 0 Å². The Morgan fingerprint density at radius 2 is 2.11 bits per heavy atom. The Labute approximate surface area is 113 Å². The van der Waals surface area contributed by atoms with E-state index in [4.69, 9.17) is 10.5 Å². The van der Waals surface area contributed by atoms with Crippen LogP contribution in [0.25, 0.3) is 0 Å². The van der Waals surface area contributed by atoms with E-state index in [1.165, 1.54) is 7.11 Å². The highest BCUT2D eigenvalue weighted by Gasteiger charge is 2.14. The topological polar surface area (TPSA) is 81.4 Å². The third-order valence-electron chi connectivity index (χ3n) is 2.95. The molecule has 0 spiro atoms. The van der Waals surface area contributed by atoms with E-state index in [1.54, 1.807) is 25.1 Å². The van der Waals surface area contributed by atoms with Gasteiger partial charge in [-0.2, -0.15) is 0 Å². The number of methoxy groups -OCH3 is 1. The molecule has 5 nitrogen and oxygen atoms in total. The lowest BCUT2D eigenvalue weighted by Crippen LogP contribution is -2.20. The lowest BCUT2D eigenvalue weighted by molar-refractivity contribution is -0.116. The lowest BCUT2D eigenvalue weighted by Gasteiger charge is -2.13. The molecule has 0 saturated heterocycles. The smallest absolute Gasteiger partial charge is 0.338 e. The zero-order valence-electron chi connectivity index (χ0n) is 11.5. The second-order valence-electron chi connectivity index (χ2n) is 4.56. The van der Waals surface area contributed by atoms with Crippen LogP contribution in [0.1, 0.15) is 29.3 Å².